The van der Waals surface area contributed by atoms with E-state index in [9.17, 15) is 9.59 Å². The topological polar surface area (TPSA) is 88.9 Å². The maximum atomic E-state index is 11.7. The second-order valence-corrected chi connectivity index (χ2v) is 4.30. The summed E-state index contributed by atoms with van der Waals surface area (Å²) in [5.41, 5.74) is 6.59. The average molecular weight is 273 g/mol. The number of hydrogen-bond donors (Lipinski definition) is 2. The first-order valence-electron chi connectivity index (χ1n) is 6.07. The number of carbonyl (C=O) groups excluding carboxylic acids is 2. The lowest BCUT2D eigenvalue weighted by atomic mass is 10.3. The first kappa shape index (κ1) is 13.7. The number of amides is 2. The van der Waals surface area contributed by atoms with Crippen LogP contribution in [0.25, 0.3) is 0 Å². The molecule has 2 amide bonds. The molecule has 0 bridgehead atoms. The summed E-state index contributed by atoms with van der Waals surface area (Å²) in [6.45, 7) is 3.76. The maximum absolute atomic E-state index is 11.7. The molecule has 0 unspecified atom stereocenters. The van der Waals surface area contributed by atoms with Crippen molar-refractivity contribution in [3.05, 3.63) is 47.5 Å². The van der Waals surface area contributed by atoms with Crippen molar-refractivity contribution in [2.24, 2.45) is 0 Å². The monoisotopic (exact) mass is 273 g/mol. The van der Waals surface area contributed by atoms with E-state index in [1.54, 1.807) is 22.9 Å². The Bertz CT molecular complexity index is 621. The third kappa shape index (κ3) is 3.41. The van der Waals surface area contributed by atoms with E-state index in [0.717, 1.165) is 11.4 Å². The summed E-state index contributed by atoms with van der Waals surface area (Å²) in [5.74, 6) is -0.826. The largest absolute Gasteiger partial charge is 0.288 e. The Morgan fingerprint density at radius 2 is 2.05 bits per heavy atom. The van der Waals surface area contributed by atoms with E-state index in [4.69, 9.17) is 0 Å². The third-order valence-corrected chi connectivity index (χ3v) is 2.61. The van der Waals surface area contributed by atoms with Crippen LogP contribution in [0, 0.1) is 13.8 Å². The fourth-order valence-corrected chi connectivity index (χ4v) is 1.70. The van der Waals surface area contributed by atoms with Crippen molar-refractivity contribution in [1.82, 2.24) is 25.6 Å². The Kier molecular flexibility index (Phi) is 4.09. The molecule has 0 aliphatic carbocycles. The van der Waals surface area contributed by atoms with Gasteiger partial charge in [0, 0.05) is 11.9 Å². The highest BCUT2D eigenvalue weighted by atomic mass is 16.2. The van der Waals surface area contributed by atoms with Crippen LogP contribution in [0.1, 0.15) is 21.9 Å². The molecule has 104 valence electrons. The fraction of sp³-hybridized carbons (Fsp3) is 0.231. The van der Waals surface area contributed by atoms with Crippen LogP contribution < -0.4 is 10.9 Å². The smallest absolute Gasteiger partial charge is 0.271 e. The number of nitrogens with zero attached hydrogens (tertiary/aromatic N) is 3. The van der Waals surface area contributed by atoms with E-state index < -0.39 is 5.91 Å². The van der Waals surface area contributed by atoms with Gasteiger partial charge in [0.05, 0.1) is 5.69 Å². The van der Waals surface area contributed by atoms with Crippen LogP contribution in [0.2, 0.25) is 0 Å². The van der Waals surface area contributed by atoms with Gasteiger partial charge in [0.2, 0.25) is 0 Å². The van der Waals surface area contributed by atoms with Crippen LogP contribution in [-0.2, 0) is 11.3 Å². The van der Waals surface area contributed by atoms with Gasteiger partial charge in [-0.2, -0.15) is 5.10 Å². The number of aryl methyl sites for hydroxylation is 2. The molecule has 0 aliphatic heterocycles. The van der Waals surface area contributed by atoms with E-state index in [1.165, 1.54) is 6.20 Å². The van der Waals surface area contributed by atoms with Gasteiger partial charge in [-0.05, 0) is 32.0 Å². The number of aromatic nitrogens is 3. The standard InChI is InChI=1S/C13H15N5O2/c1-9-7-10(2)18(17-9)8-12(19)15-16-13(20)11-5-3-4-6-14-11/h3-7H,8H2,1-2H3,(H,15,19)(H,16,20). The van der Waals surface area contributed by atoms with Gasteiger partial charge in [0.25, 0.3) is 11.8 Å². The molecule has 0 aromatic carbocycles. The van der Waals surface area contributed by atoms with E-state index in [0.29, 0.717) is 0 Å². The molecule has 0 spiro atoms. The molecule has 0 fully saturated rings. The van der Waals surface area contributed by atoms with Gasteiger partial charge < -0.3 is 0 Å². The minimum atomic E-state index is -0.465. The summed E-state index contributed by atoms with van der Waals surface area (Å²) in [7, 11) is 0. The van der Waals surface area contributed by atoms with E-state index >= 15 is 0 Å². The van der Waals surface area contributed by atoms with Crippen molar-refractivity contribution < 1.29 is 9.59 Å². The SMILES string of the molecule is Cc1cc(C)n(CC(=O)NNC(=O)c2ccccn2)n1. The van der Waals surface area contributed by atoms with Crippen molar-refractivity contribution in [3.63, 3.8) is 0 Å². The molecule has 2 aromatic rings. The molecule has 20 heavy (non-hydrogen) atoms. The molecular weight excluding hydrogens is 258 g/mol. The second kappa shape index (κ2) is 5.96. The molecule has 2 rings (SSSR count). The Labute approximate surface area is 116 Å². The van der Waals surface area contributed by atoms with Crippen LogP contribution in [0.15, 0.2) is 30.5 Å². The summed E-state index contributed by atoms with van der Waals surface area (Å²) in [6.07, 6.45) is 1.51. The Morgan fingerprint density at radius 1 is 1.25 bits per heavy atom. The van der Waals surface area contributed by atoms with Gasteiger partial charge in [-0.15, -0.1) is 0 Å². The number of hydrogen-bond acceptors (Lipinski definition) is 4. The van der Waals surface area contributed by atoms with Crippen molar-refractivity contribution in [2.75, 3.05) is 0 Å². The predicted molar refractivity (Wildman–Crippen MR) is 71.5 cm³/mol. The lowest BCUT2D eigenvalue weighted by Crippen LogP contribution is -2.43. The molecule has 7 nitrogen and oxygen atoms in total. The number of hydrazine groups is 1. The minimum Gasteiger partial charge on any atom is -0.271 e. The maximum Gasteiger partial charge on any atom is 0.288 e. The molecular formula is C13H15N5O2. The van der Waals surface area contributed by atoms with Crippen LogP contribution in [0.4, 0.5) is 0 Å². The van der Waals surface area contributed by atoms with E-state index in [-0.39, 0.29) is 18.1 Å². The highest BCUT2D eigenvalue weighted by Gasteiger charge is 2.10. The molecule has 0 atom stereocenters. The van der Waals surface area contributed by atoms with Gasteiger partial charge in [-0.3, -0.25) is 30.1 Å². The zero-order valence-electron chi connectivity index (χ0n) is 11.3. The predicted octanol–water partition coefficient (Wildman–Crippen LogP) is 0.356. The lowest BCUT2D eigenvalue weighted by molar-refractivity contribution is -0.122. The fourth-order valence-electron chi connectivity index (χ4n) is 1.70. The van der Waals surface area contributed by atoms with Crippen LogP contribution in [0.5, 0.6) is 0 Å². The van der Waals surface area contributed by atoms with Gasteiger partial charge in [-0.25, -0.2) is 0 Å². The summed E-state index contributed by atoms with van der Waals surface area (Å²) in [4.78, 5) is 27.2. The van der Waals surface area contributed by atoms with Crippen molar-refractivity contribution >= 4 is 11.8 Å². The average Bonchev–Trinajstić information content (AvgIpc) is 2.75. The minimum absolute atomic E-state index is 0.0438. The number of carbonyl (C=O) groups is 2. The Balaban J connectivity index is 1.87. The molecule has 0 aliphatic rings. The number of rotatable bonds is 3. The molecule has 2 heterocycles. The zero-order chi connectivity index (χ0) is 14.5. The van der Waals surface area contributed by atoms with E-state index in [1.807, 2.05) is 19.9 Å². The molecule has 2 N–H and O–H groups in total. The Hall–Kier alpha value is -2.70. The molecule has 0 saturated heterocycles. The van der Waals surface area contributed by atoms with Crippen molar-refractivity contribution in [2.45, 2.75) is 20.4 Å². The number of pyridine rings is 1. The Morgan fingerprint density at radius 3 is 2.65 bits per heavy atom. The zero-order valence-corrected chi connectivity index (χ0v) is 11.3. The molecule has 7 heteroatoms. The van der Waals surface area contributed by atoms with Crippen LogP contribution in [-0.4, -0.2) is 26.6 Å². The molecule has 2 aromatic heterocycles. The summed E-state index contributed by atoms with van der Waals surface area (Å²) < 4.78 is 1.57. The highest BCUT2D eigenvalue weighted by molar-refractivity contribution is 5.93. The first-order chi connectivity index (χ1) is 9.56. The molecule has 0 saturated carbocycles. The van der Waals surface area contributed by atoms with Crippen LogP contribution in [0.3, 0.4) is 0 Å². The van der Waals surface area contributed by atoms with Crippen LogP contribution >= 0.6 is 0 Å². The third-order valence-electron chi connectivity index (χ3n) is 2.61. The van der Waals surface area contributed by atoms with Gasteiger partial charge in [0.1, 0.15) is 12.2 Å². The summed E-state index contributed by atoms with van der Waals surface area (Å²) >= 11 is 0. The van der Waals surface area contributed by atoms with Gasteiger partial charge in [0.15, 0.2) is 0 Å². The normalized spacial score (nSPS) is 10.1. The lowest BCUT2D eigenvalue weighted by Gasteiger charge is -2.07. The quantitative estimate of drug-likeness (QED) is 0.790. The van der Waals surface area contributed by atoms with Gasteiger partial charge >= 0.3 is 0 Å². The second-order valence-electron chi connectivity index (χ2n) is 4.30. The molecule has 0 radical (unpaired) electrons. The summed E-state index contributed by atoms with van der Waals surface area (Å²) in [5, 5.41) is 4.17. The highest BCUT2D eigenvalue weighted by Crippen LogP contribution is 2.00. The van der Waals surface area contributed by atoms with Crippen molar-refractivity contribution in [3.8, 4) is 0 Å². The van der Waals surface area contributed by atoms with E-state index in [2.05, 4.69) is 20.9 Å². The van der Waals surface area contributed by atoms with Gasteiger partial charge in [-0.1, -0.05) is 6.07 Å². The van der Waals surface area contributed by atoms with Crippen molar-refractivity contribution in [1.29, 1.82) is 0 Å². The number of nitrogens with one attached hydrogen (secondary N) is 2. The summed E-state index contributed by atoms with van der Waals surface area (Å²) in [6, 6.07) is 6.83. The first-order valence-corrected chi connectivity index (χ1v) is 6.07.